The van der Waals surface area contributed by atoms with Crippen LogP contribution in [0.3, 0.4) is 0 Å². The van der Waals surface area contributed by atoms with Gasteiger partial charge in [-0.2, -0.15) is 0 Å². The first kappa shape index (κ1) is 16.1. The molecule has 0 spiro atoms. The van der Waals surface area contributed by atoms with Gasteiger partial charge in [0.1, 0.15) is 27.1 Å². The molecule has 0 saturated heterocycles. The predicted octanol–water partition coefficient (Wildman–Crippen LogP) is 0.361. The van der Waals surface area contributed by atoms with Crippen LogP contribution in [0.4, 0.5) is 11.4 Å². The van der Waals surface area contributed by atoms with Crippen LogP contribution in [-0.4, -0.2) is 31.0 Å². The smallest absolute Gasteiger partial charge is 0.184 e. The van der Waals surface area contributed by atoms with Gasteiger partial charge in [0.25, 0.3) is 0 Å². The van der Waals surface area contributed by atoms with Crippen molar-refractivity contribution in [2.24, 2.45) is 0 Å². The van der Waals surface area contributed by atoms with Crippen LogP contribution in [0.5, 0.6) is 17.2 Å². The lowest BCUT2D eigenvalue weighted by atomic mass is 9.78. The molecule has 0 radical (unpaired) electrons. The van der Waals surface area contributed by atoms with Gasteiger partial charge in [0, 0.05) is 5.69 Å². The van der Waals surface area contributed by atoms with E-state index in [0.29, 0.717) is 10.9 Å². The van der Waals surface area contributed by atoms with Crippen LogP contribution < -0.4 is 16.2 Å². The highest BCUT2D eigenvalue weighted by atomic mass is 16.3. The zero-order chi connectivity index (χ0) is 16.7. The standard InChI is InChI=1S/C16H21B2NO3/c1-16(2,3)8-4-6-9(7-5-8)19-12-13(20)10(17)11(18)14(21)15(12)22/h4-7,19-22H,17-18H2,1-3H3. The van der Waals surface area contributed by atoms with Gasteiger partial charge in [-0.3, -0.25) is 0 Å². The van der Waals surface area contributed by atoms with E-state index in [1.54, 1.807) is 15.7 Å². The maximum atomic E-state index is 10.2. The molecule has 0 atom stereocenters. The molecular weight excluding hydrogens is 276 g/mol. The van der Waals surface area contributed by atoms with Crippen molar-refractivity contribution in [3.05, 3.63) is 29.8 Å². The van der Waals surface area contributed by atoms with Crippen LogP contribution in [-0.2, 0) is 5.41 Å². The topological polar surface area (TPSA) is 72.7 Å². The van der Waals surface area contributed by atoms with E-state index in [4.69, 9.17) is 0 Å². The zero-order valence-electron chi connectivity index (χ0n) is 13.7. The van der Waals surface area contributed by atoms with Crippen LogP contribution >= 0.6 is 0 Å². The van der Waals surface area contributed by atoms with Crippen molar-refractivity contribution in [1.82, 2.24) is 0 Å². The molecule has 4 nitrogen and oxygen atoms in total. The summed E-state index contributed by atoms with van der Waals surface area (Å²) in [6.45, 7) is 6.40. The summed E-state index contributed by atoms with van der Waals surface area (Å²) in [5, 5.41) is 33.1. The fourth-order valence-electron chi connectivity index (χ4n) is 2.27. The second-order valence-corrected chi connectivity index (χ2v) is 6.62. The van der Waals surface area contributed by atoms with Crippen LogP contribution in [0.1, 0.15) is 26.3 Å². The first-order chi connectivity index (χ1) is 10.1. The van der Waals surface area contributed by atoms with Crippen molar-refractivity contribution in [2.75, 3.05) is 5.32 Å². The van der Waals surface area contributed by atoms with E-state index in [9.17, 15) is 15.3 Å². The average molecular weight is 297 g/mol. The Kier molecular flexibility index (Phi) is 4.05. The fraction of sp³-hybridized carbons (Fsp3) is 0.250. The zero-order valence-corrected chi connectivity index (χ0v) is 13.7. The summed E-state index contributed by atoms with van der Waals surface area (Å²) >= 11 is 0. The molecule has 0 unspecified atom stereocenters. The summed E-state index contributed by atoms with van der Waals surface area (Å²) in [5.41, 5.74) is 3.08. The average Bonchev–Trinajstić information content (AvgIpc) is 2.47. The van der Waals surface area contributed by atoms with E-state index >= 15 is 0 Å². The maximum Gasteiger partial charge on any atom is 0.184 e. The summed E-state index contributed by atoms with van der Waals surface area (Å²) in [7, 11) is 3.34. The third kappa shape index (κ3) is 2.86. The normalized spacial score (nSPS) is 11.4. The summed E-state index contributed by atoms with van der Waals surface area (Å²) in [6, 6.07) is 7.76. The number of nitrogens with one attached hydrogen (secondary N) is 1. The second kappa shape index (κ2) is 5.52. The molecule has 0 saturated carbocycles. The van der Waals surface area contributed by atoms with Crippen molar-refractivity contribution in [3.63, 3.8) is 0 Å². The van der Waals surface area contributed by atoms with E-state index in [1.165, 1.54) is 5.56 Å². The molecule has 0 fully saturated rings. The number of anilines is 2. The second-order valence-electron chi connectivity index (χ2n) is 6.62. The number of benzene rings is 2. The fourth-order valence-corrected chi connectivity index (χ4v) is 2.27. The molecule has 2 rings (SSSR count). The Labute approximate surface area is 132 Å². The highest BCUT2D eigenvalue weighted by Crippen LogP contribution is 2.39. The van der Waals surface area contributed by atoms with E-state index in [-0.39, 0.29) is 28.4 Å². The molecule has 6 heteroatoms. The summed E-state index contributed by atoms with van der Waals surface area (Å²) in [5.74, 6) is -0.627. The van der Waals surface area contributed by atoms with Crippen LogP contribution in [0.2, 0.25) is 0 Å². The molecule has 0 bridgehead atoms. The lowest BCUT2D eigenvalue weighted by Crippen LogP contribution is -2.26. The minimum absolute atomic E-state index is 0.0571. The van der Waals surface area contributed by atoms with Crippen molar-refractivity contribution < 1.29 is 15.3 Å². The van der Waals surface area contributed by atoms with Gasteiger partial charge >= 0.3 is 0 Å². The van der Waals surface area contributed by atoms with Gasteiger partial charge in [0.2, 0.25) is 0 Å². The van der Waals surface area contributed by atoms with Crippen molar-refractivity contribution in [1.29, 1.82) is 0 Å². The Bertz CT molecular complexity index is 678. The SMILES string of the molecule is Bc1c(B)c(O)c(Nc2ccc(C(C)(C)C)cc2)c(O)c1O. The maximum absolute atomic E-state index is 10.2. The van der Waals surface area contributed by atoms with Gasteiger partial charge < -0.3 is 20.6 Å². The Hall–Kier alpha value is -2.23. The number of aromatic hydroxyl groups is 3. The lowest BCUT2D eigenvalue weighted by Gasteiger charge is -2.20. The molecule has 0 aromatic heterocycles. The van der Waals surface area contributed by atoms with Gasteiger partial charge in [-0.1, -0.05) is 32.9 Å². The van der Waals surface area contributed by atoms with Gasteiger partial charge in [-0.15, -0.1) is 0 Å². The minimum atomic E-state index is -0.347. The van der Waals surface area contributed by atoms with Gasteiger partial charge in [-0.05, 0) is 34.0 Å². The Balaban J connectivity index is 2.40. The molecule has 0 aliphatic rings. The first-order valence-corrected chi connectivity index (χ1v) is 7.24. The van der Waals surface area contributed by atoms with E-state index in [0.717, 1.165) is 5.69 Å². The summed E-state index contributed by atoms with van der Waals surface area (Å²) < 4.78 is 0. The Morgan fingerprint density at radius 1 is 0.818 bits per heavy atom. The molecule has 114 valence electrons. The number of phenols is 3. The van der Waals surface area contributed by atoms with E-state index in [1.807, 2.05) is 24.3 Å². The van der Waals surface area contributed by atoms with Crippen LogP contribution in [0, 0.1) is 0 Å². The van der Waals surface area contributed by atoms with E-state index in [2.05, 4.69) is 26.1 Å². The number of hydrogen-bond acceptors (Lipinski definition) is 4. The minimum Gasteiger partial charge on any atom is -0.506 e. The summed E-state index contributed by atoms with van der Waals surface area (Å²) in [4.78, 5) is 0. The molecular formula is C16H21B2NO3. The lowest BCUT2D eigenvalue weighted by molar-refractivity contribution is 0.403. The molecule has 4 N–H and O–H groups in total. The molecule has 0 amide bonds. The van der Waals surface area contributed by atoms with Gasteiger partial charge in [0.05, 0.1) is 0 Å². The van der Waals surface area contributed by atoms with Gasteiger partial charge in [-0.25, -0.2) is 0 Å². The molecule has 0 aliphatic heterocycles. The van der Waals surface area contributed by atoms with Crippen LogP contribution in [0.15, 0.2) is 24.3 Å². The van der Waals surface area contributed by atoms with Gasteiger partial charge in [0.15, 0.2) is 11.5 Å². The predicted molar refractivity (Wildman–Crippen MR) is 96.2 cm³/mol. The largest absolute Gasteiger partial charge is 0.506 e. The number of phenolic OH excluding ortho intramolecular Hbond substituents is 3. The molecule has 0 heterocycles. The monoisotopic (exact) mass is 297 g/mol. The van der Waals surface area contributed by atoms with Crippen molar-refractivity contribution in [3.8, 4) is 17.2 Å². The quantitative estimate of drug-likeness (QED) is 0.367. The van der Waals surface area contributed by atoms with Crippen molar-refractivity contribution >= 4 is 38.0 Å². The molecule has 0 aliphatic carbocycles. The Morgan fingerprint density at radius 3 is 1.82 bits per heavy atom. The number of rotatable bonds is 2. The third-order valence-corrected chi connectivity index (χ3v) is 3.99. The third-order valence-electron chi connectivity index (χ3n) is 3.99. The number of hydrogen-bond donors (Lipinski definition) is 4. The Morgan fingerprint density at radius 2 is 1.32 bits per heavy atom. The van der Waals surface area contributed by atoms with E-state index < -0.39 is 0 Å². The van der Waals surface area contributed by atoms with Crippen LogP contribution in [0.25, 0.3) is 0 Å². The summed E-state index contributed by atoms with van der Waals surface area (Å²) in [6.07, 6.45) is 0. The molecule has 2 aromatic carbocycles. The van der Waals surface area contributed by atoms with Crippen molar-refractivity contribution in [2.45, 2.75) is 26.2 Å². The molecule has 2 aromatic rings. The highest BCUT2D eigenvalue weighted by Gasteiger charge is 2.19. The first-order valence-electron chi connectivity index (χ1n) is 7.24. The highest BCUT2D eigenvalue weighted by molar-refractivity contribution is 6.51. The molecule has 22 heavy (non-hydrogen) atoms.